The first-order valence-electron chi connectivity index (χ1n) is 12.0. The molecule has 10 heteroatoms. The third-order valence-corrected chi connectivity index (χ3v) is 7.00. The SMILES string of the molecule is COc1cccc2c1n(Cc1ncccc1C(F)(F)F)c(=O)n2C1CCN(c2c(C)cccc2F)CC1. The number of para-hydroxylation sites is 2. The molecule has 6 nitrogen and oxygen atoms in total. The van der Waals surface area contributed by atoms with Gasteiger partial charge in [-0.2, -0.15) is 13.2 Å². The maximum Gasteiger partial charge on any atom is 0.418 e. The van der Waals surface area contributed by atoms with Crippen LogP contribution < -0.4 is 15.3 Å². The third-order valence-electron chi connectivity index (χ3n) is 7.00. The number of piperidine rings is 1. The van der Waals surface area contributed by atoms with E-state index in [-0.39, 0.29) is 24.1 Å². The van der Waals surface area contributed by atoms with Crippen molar-refractivity contribution in [2.24, 2.45) is 0 Å². The van der Waals surface area contributed by atoms with Crippen LogP contribution in [0.1, 0.15) is 35.7 Å². The van der Waals surface area contributed by atoms with Crippen molar-refractivity contribution in [1.29, 1.82) is 0 Å². The number of hydrogen-bond acceptors (Lipinski definition) is 4. The Hall–Kier alpha value is -3.82. The number of aryl methyl sites for hydroxylation is 1. The molecule has 2 aromatic carbocycles. The molecule has 0 saturated carbocycles. The highest BCUT2D eigenvalue weighted by molar-refractivity contribution is 5.83. The number of imidazole rings is 1. The highest BCUT2D eigenvalue weighted by atomic mass is 19.4. The van der Waals surface area contributed by atoms with E-state index in [0.717, 1.165) is 11.6 Å². The number of anilines is 1. The lowest BCUT2D eigenvalue weighted by molar-refractivity contribution is -0.138. The zero-order chi connectivity index (χ0) is 26.3. The Morgan fingerprint density at radius 3 is 2.46 bits per heavy atom. The standard InChI is InChI=1S/C27H26F4N4O2/c1-17-6-3-8-20(28)24(17)33-14-11-18(12-15-33)35-22-9-4-10-23(37-2)25(22)34(26(35)36)16-21-19(27(29,30)31)7-5-13-32-21/h3-10,13,18H,11-12,14-16H2,1-2H3. The van der Waals surface area contributed by atoms with E-state index in [0.29, 0.717) is 48.4 Å². The van der Waals surface area contributed by atoms with Crippen LogP contribution in [0.3, 0.4) is 0 Å². The summed E-state index contributed by atoms with van der Waals surface area (Å²) in [5.41, 5.74) is 0.840. The molecular weight excluding hydrogens is 488 g/mol. The number of hydrogen-bond donors (Lipinski definition) is 0. The van der Waals surface area contributed by atoms with Crippen LogP contribution in [-0.4, -0.2) is 34.3 Å². The van der Waals surface area contributed by atoms with Gasteiger partial charge < -0.3 is 9.64 Å². The van der Waals surface area contributed by atoms with Gasteiger partial charge in [-0.1, -0.05) is 18.2 Å². The van der Waals surface area contributed by atoms with Gasteiger partial charge in [0.05, 0.1) is 36.1 Å². The maximum atomic E-state index is 14.5. The van der Waals surface area contributed by atoms with E-state index in [1.165, 1.54) is 30.0 Å². The second kappa shape index (κ2) is 9.57. The fraction of sp³-hybridized carbons (Fsp3) is 0.333. The van der Waals surface area contributed by atoms with Crippen molar-refractivity contribution in [3.8, 4) is 5.75 Å². The lowest BCUT2D eigenvalue weighted by Gasteiger charge is -2.35. The number of nitrogens with zero attached hydrogens (tertiary/aromatic N) is 4. The molecule has 0 spiro atoms. The smallest absolute Gasteiger partial charge is 0.418 e. The van der Waals surface area contributed by atoms with Gasteiger partial charge in [0.15, 0.2) is 0 Å². The van der Waals surface area contributed by atoms with Crippen molar-refractivity contribution in [2.45, 2.75) is 38.5 Å². The van der Waals surface area contributed by atoms with E-state index in [1.807, 2.05) is 17.9 Å². The number of alkyl halides is 3. The Kier molecular flexibility index (Phi) is 6.43. The minimum Gasteiger partial charge on any atom is -0.494 e. The summed E-state index contributed by atoms with van der Waals surface area (Å²) in [6, 6.07) is 12.1. The lowest BCUT2D eigenvalue weighted by atomic mass is 10.0. The van der Waals surface area contributed by atoms with Gasteiger partial charge in [0, 0.05) is 25.3 Å². The second-order valence-corrected chi connectivity index (χ2v) is 9.19. The van der Waals surface area contributed by atoms with Crippen LogP contribution in [0.5, 0.6) is 5.75 Å². The van der Waals surface area contributed by atoms with Crippen LogP contribution >= 0.6 is 0 Å². The Labute approximate surface area is 210 Å². The van der Waals surface area contributed by atoms with Crippen LogP contribution in [0, 0.1) is 12.7 Å². The van der Waals surface area contributed by atoms with Crippen molar-refractivity contribution in [2.75, 3.05) is 25.1 Å². The molecule has 0 atom stereocenters. The lowest BCUT2D eigenvalue weighted by Crippen LogP contribution is -2.38. The van der Waals surface area contributed by atoms with Crippen LogP contribution in [0.15, 0.2) is 59.5 Å². The summed E-state index contributed by atoms with van der Waals surface area (Å²) in [5.74, 6) is 0.102. The Morgan fingerprint density at radius 2 is 1.78 bits per heavy atom. The summed E-state index contributed by atoms with van der Waals surface area (Å²) >= 11 is 0. The van der Waals surface area contributed by atoms with Crippen LogP contribution in [0.2, 0.25) is 0 Å². The zero-order valence-electron chi connectivity index (χ0n) is 20.4. The summed E-state index contributed by atoms with van der Waals surface area (Å²) < 4.78 is 63.9. The Bertz CT molecular complexity index is 1480. The molecule has 0 N–H and O–H groups in total. The summed E-state index contributed by atoms with van der Waals surface area (Å²) in [6.45, 7) is 2.58. The van der Waals surface area contributed by atoms with Gasteiger partial charge in [-0.3, -0.25) is 14.1 Å². The number of aromatic nitrogens is 3. The number of benzene rings is 2. The minimum absolute atomic E-state index is 0.211. The average Bonchev–Trinajstić information content (AvgIpc) is 3.15. The summed E-state index contributed by atoms with van der Waals surface area (Å²) in [4.78, 5) is 19.7. The van der Waals surface area contributed by atoms with Crippen molar-refractivity contribution in [3.63, 3.8) is 0 Å². The van der Waals surface area contributed by atoms with Gasteiger partial charge in [0.25, 0.3) is 0 Å². The normalized spacial score (nSPS) is 14.9. The molecule has 5 rings (SSSR count). The first kappa shape index (κ1) is 24.9. The summed E-state index contributed by atoms with van der Waals surface area (Å²) in [7, 11) is 1.46. The van der Waals surface area contributed by atoms with E-state index >= 15 is 0 Å². The molecule has 0 bridgehead atoms. The molecule has 0 amide bonds. The minimum atomic E-state index is -4.60. The molecule has 194 valence electrons. The van der Waals surface area contributed by atoms with Gasteiger partial charge in [-0.25, -0.2) is 9.18 Å². The molecule has 0 unspecified atom stereocenters. The molecule has 1 saturated heterocycles. The number of halogens is 4. The zero-order valence-corrected chi connectivity index (χ0v) is 20.4. The summed E-state index contributed by atoms with van der Waals surface area (Å²) in [6.07, 6.45) is -2.18. The predicted molar refractivity (Wildman–Crippen MR) is 133 cm³/mol. The summed E-state index contributed by atoms with van der Waals surface area (Å²) in [5, 5.41) is 0. The van der Waals surface area contributed by atoms with E-state index in [4.69, 9.17) is 4.74 Å². The number of ether oxygens (including phenoxy) is 1. The van der Waals surface area contributed by atoms with Gasteiger partial charge in [0.1, 0.15) is 17.1 Å². The molecule has 1 aliphatic heterocycles. The van der Waals surface area contributed by atoms with Crippen molar-refractivity contribution < 1.29 is 22.3 Å². The van der Waals surface area contributed by atoms with Crippen LogP contribution in [0.25, 0.3) is 11.0 Å². The number of methoxy groups -OCH3 is 1. The first-order valence-corrected chi connectivity index (χ1v) is 12.0. The number of rotatable bonds is 5. The Morgan fingerprint density at radius 1 is 1.05 bits per heavy atom. The first-order chi connectivity index (χ1) is 17.7. The van der Waals surface area contributed by atoms with Crippen LogP contribution in [-0.2, 0) is 12.7 Å². The topological polar surface area (TPSA) is 52.3 Å². The molecule has 1 fully saturated rings. The quantitative estimate of drug-likeness (QED) is 0.327. The van der Waals surface area contributed by atoms with Gasteiger partial charge in [-0.05, 0) is 55.7 Å². The fourth-order valence-electron chi connectivity index (χ4n) is 5.31. The maximum absolute atomic E-state index is 14.5. The van der Waals surface area contributed by atoms with Crippen molar-refractivity contribution in [3.05, 3.63) is 87.9 Å². The molecule has 2 aromatic heterocycles. The third kappa shape index (κ3) is 4.45. The van der Waals surface area contributed by atoms with E-state index in [1.54, 1.807) is 28.8 Å². The predicted octanol–water partition coefficient (Wildman–Crippen LogP) is 5.56. The second-order valence-electron chi connectivity index (χ2n) is 9.19. The Balaban J connectivity index is 1.55. The van der Waals surface area contributed by atoms with Gasteiger partial charge >= 0.3 is 11.9 Å². The van der Waals surface area contributed by atoms with E-state index in [9.17, 15) is 22.4 Å². The fourth-order valence-corrected chi connectivity index (χ4v) is 5.31. The largest absolute Gasteiger partial charge is 0.494 e. The van der Waals surface area contributed by atoms with Gasteiger partial charge in [-0.15, -0.1) is 0 Å². The van der Waals surface area contributed by atoms with Crippen molar-refractivity contribution >= 4 is 16.7 Å². The van der Waals surface area contributed by atoms with E-state index in [2.05, 4.69) is 4.98 Å². The molecular formula is C27H26F4N4O2. The molecule has 1 aliphatic rings. The molecule has 3 heterocycles. The number of pyridine rings is 1. The molecule has 0 radical (unpaired) electrons. The average molecular weight is 515 g/mol. The van der Waals surface area contributed by atoms with Crippen LogP contribution in [0.4, 0.5) is 23.2 Å². The van der Waals surface area contributed by atoms with Crippen molar-refractivity contribution in [1.82, 2.24) is 14.1 Å². The number of fused-ring (bicyclic) bond motifs is 1. The highest BCUT2D eigenvalue weighted by Gasteiger charge is 2.35. The van der Waals surface area contributed by atoms with E-state index < -0.39 is 17.4 Å². The molecule has 0 aliphatic carbocycles. The molecule has 4 aromatic rings. The molecule has 37 heavy (non-hydrogen) atoms. The highest BCUT2D eigenvalue weighted by Crippen LogP contribution is 2.35. The van der Waals surface area contributed by atoms with Gasteiger partial charge in [0.2, 0.25) is 0 Å². The monoisotopic (exact) mass is 514 g/mol.